The number of hydrazine groups is 1. The number of ether oxygens (including phenoxy) is 1. The number of nitrogens with one attached hydrogen (secondary N) is 1. The highest BCUT2D eigenvalue weighted by molar-refractivity contribution is 7.99. The molecular formula is C16H30N2OS. The van der Waals surface area contributed by atoms with E-state index in [2.05, 4.69) is 17.2 Å². The van der Waals surface area contributed by atoms with Crippen molar-refractivity contribution in [1.29, 1.82) is 0 Å². The van der Waals surface area contributed by atoms with Gasteiger partial charge < -0.3 is 4.74 Å². The molecule has 0 amide bonds. The van der Waals surface area contributed by atoms with E-state index in [-0.39, 0.29) is 5.60 Å². The molecule has 0 aromatic heterocycles. The van der Waals surface area contributed by atoms with E-state index in [9.17, 15) is 0 Å². The second-order valence-corrected chi connectivity index (χ2v) is 8.28. The minimum atomic E-state index is 0.223. The van der Waals surface area contributed by atoms with Crippen LogP contribution in [0.25, 0.3) is 0 Å². The van der Waals surface area contributed by atoms with E-state index in [1.54, 1.807) is 0 Å². The van der Waals surface area contributed by atoms with Gasteiger partial charge in [0.25, 0.3) is 0 Å². The molecule has 0 aromatic carbocycles. The first-order valence-corrected chi connectivity index (χ1v) is 9.65. The fraction of sp³-hybridized carbons (Fsp3) is 1.00. The predicted octanol–water partition coefficient (Wildman–Crippen LogP) is 3.09. The van der Waals surface area contributed by atoms with Crippen molar-refractivity contribution in [3.8, 4) is 0 Å². The van der Waals surface area contributed by atoms with Crippen LogP contribution < -0.4 is 11.3 Å². The van der Waals surface area contributed by atoms with Crippen LogP contribution in [-0.4, -0.2) is 29.8 Å². The second-order valence-electron chi connectivity index (χ2n) is 7.06. The quantitative estimate of drug-likeness (QED) is 0.618. The van der Waals surface area contributed by atoms with E-state index in [4.69, 9.17) is 10.6 Å². The van der Waals surface area contributed by atoms with Gasteiger partial charge >= 0.3 is 0 Å². The van der Waals surface area contributed by atoms with Crippen molar-refractivity contribution in [2.24, 2.45) is 17.7 Å². The highest BCUT2D eigenvalue weighted by Crippen LogP contribution is 2.43. The van der Waals surface area contributed by atoms with E-state index < -0.39 is 0 Å². The molecule has 4 heteroatoms. The fourth-order valence-corrected chi connectivity index (χ4v) is 5.72. The van der Waals surface area contributed by atoms with Crippen LogP contribution >= 0.6 is 11.8 Å². The van der Waals surface area contributed by atoms with Crippen LogP contribution in [0.15, 0.2) is 0 Å². The molecule has 1 spiro atoms. The Balaban J connectivity index is 1.57. The summed E-state index contributed by atoms with van der Waals surface area (Å²) in [4.78, 5) is 0. The van der Waals surface area contributed by atoms with Gasteiger partial charge in [-0.2, -0.15) is 11.8 Å². The minimum absolute atomic E-state index is 0.223. The predicted molar refractivity (Wildman–Crippen MR) is 85.7 cm³/mol. The topological polar surface area (TPSA) is 47.3 Å². The largest absolute Gasteiger partial charge is 0.375 e. The first kappa shape index (κ1) is 15.1. The molecule has 1 aliphatic carbocycles. The molecule has 0 bridgehead atoms. The zero-order valence-corrected chi connectivity index (χ0v) is 13.4. The lowest BCUT2D eigenvalue weighted by Gasteiger charge is -2.42. The smallest absolute Gasteiger partial charge is 0.0685 e. The first-order valence-electron chi connectivity index (χ1n) is 8.49. The Kier molecular flexibility index (Phi) is 5.29. The van der Waals surface area contributed by atoms with Crippen molar-refractivity contribution in [1.82, 2.24) is 5.43 Å². The SMILES string of the molecule is NNC(CC1CCSCC1)C1CCOC2(CCCC2)C1. The molecule has 3 rings (SSSR count). The highest BCUT2D eigenvalue weighted by atomic mass is 32.2. The molecule has 20 heavy (non-hydrogen) atoms. The van der Waals surface area contributed by atoms with Crippen molar-refractivity contribution in [3.63, 3.8) is 0 Å². The number of hydrogen-bond acceptors (Lipinski definition) is 4. The Labute approximate surface area is 127 Å². The van der Waals surface area contributed by atoms with Crippen molar-refractivity contribution in [2.45, 2.75) is 69.4 Å². The molecular weight excluding hydrogens is 268 g/mol. The summed E-state index contributed by atoms with van der Waals surface area (Å²) in [6, 6.07) is 0.504. The molecule has 3 fully saturated rings. The van der Waals surface area contributed by atoms with E-state index in [0.717, 1.165) is 18.4 Å². The van der Waals surface area contributed by atoms with Crippen molar-refractivity contribution in [2.75, 3.05) is 18.1 Å². The molecule has 2 saturated heterocycles. The normalized spacial score (nSPS) is 32.5. The fourth-order valence-electron chi connectivity index (χ4n) is 4.51. The van der Waals surface area contributed by atoms with Crippen LogP contribution in [0.1, 0.15) is 57.8 Å². The third kappa shape index (κ3) is 3.52. The van der Waals surface area contributed by atoms with Gasteiger partial charge in [-0.15, -0.1) is 0 Å². The van der Waals surface area contributed by atoms with Crippen molar-refractivity contribution < 1.29 is 4.74 Å². The van der Waals surface area contributed by atoms with E-state index in [0.29, 0.717) is 6.04 Å². The van der Waals surface area contributed by atoms with Crippen molar-refractivity contribution >= 4 is 11.8 Å². The second kappa shape index (κ2) is 6.99. The standard InChI is InChI=1S/C16H30N2OS/c17-18-15(11-13-4-9-20-10-5-13)14-3-8-19-16(12-14)6-1-2-7-16/h13-15,18H,1-12,17H2. The molecule has 0 aromatic rings. The molecule has 0 radical (unpaired) electrons. The Morgan fingerprint density at radius 3 is 2.65 bits per heavy atom. The number of nitrogens with two attached hydrogens (primary N) is 1. The summed E-state index contributed by atoms with van der Waals surface area (Å²) in [6.07, 6.45) is 11.7. The monoisotopic (exact) mass is 298 g/mol. The molecule has 3 nitrogen and oxygen atoms in total. The van der Waals surface area contributed by atoms with E-state index in [1.807, 2.05) is 0 Å². The molecule has 1 saturated carbocycles. The summed E-state index contributed by atoms with van der Waals surface area (Å²) in [5.41, 5.74) is 3.39. The molecule has 116 valence electrons. The number of hydrogen-bond donors (Lipinski definition) is 2. The van der Waals surface area contributed by atoms with Gasteiger partial charge in [0.15, 0.2) is 0 Å². The lowest BCUT2D eigenvalue weighted by Crippen LogP contribution is -2.48. The van der Waals surface area contributed by atoms with E-state index in [1.165, 1.54) is 69.3 Å². The van der Waals surface area contributed by atoms with E-state index >= 15 is 0 Å². The Morgan fingerprint density at radius 1 is 1.20 bits per heavy atom. The highest BCUT2D eigenvalue weighted by Gasteiger charge is 2.42. The summed E-state index contributed by atoms with van der Waals surface area (Å²) < 4.78 is 6.17. The van der Waals surface area contributed by atoms with Crippen LogP contribution in [0.3, 0.4) is 0 Å². The van der Waals surface area contributed by atoms with Crippen LogP contribution in [0.5, 0.6) is 0 Å². The summed E-state index contributed by atoms with van der Waals surface area (Å²) in [5, 5.41) is 0. The Hall–Kier alpha value is 0.230. The molecule has 2 aliphatic heterocycles. The van der Waals surface area contributed by atoms with Crippen molar-refractivity contribution in [3.05, 3.63) is 0 Å². The summed E-state index contributed by atoms with van der Waals surface area (Å²) in [6.45, 7) is 0.948. The Bertz CT molecular complexity index is 301. The van der Waals surface area contributed by atoms with Gasteiger partial charge in [-0.3, -0.25) is 11.3 Å². The van der Waals surface area contributed by atoms with Crippen LogP contribution in [0.4, 0.5) is 0 Å². The zero-order chi connectivity index (χ0) is 13.8. The molecule has 3 aliphatic rings. The van der Waals surface area contributed by atoms with Crippen LogP contribution in [0, 0.1) is 11.8 Å². The molecule has 3 N–H and O–H groups in total. The van der Waals surface area contributed by atoms with Gasteiger partial charge in [0.2, 0.25) is 0 Å². The third-order valence-corrected chi connectivity index (χ3v) is 6.81. The molecule has 2 unspecified atom stereocenters. The molecule has 2 atom stereocenters. The molecule has 2 heterocycles. The minimum Gasteiger partial charge on any atom is -0.375 e. The zero-order valence-electron chi connectivity index (χ0n) is 12.6. The summed E-state index contributed by atoms with van der Waals surface area (Å²) in [7, 11) is 0. The maximum absolute atomic E-state index is 6.17. The van der Waals surface area contributed by atoms with Crippen LogP contribution in [0.2, 0.25) is 0 Å². The Morgan fingerprint density at radius 2 is 1.95 bits per heavy atom. The van der Waals surface area contributed by atoms with Gasteiger partial charge in [0.1, 0.15) is 0 Å². The van der Waals surface area contributed by atoms with Gasteiger partial charge in [0, 0.05) is 12.6 Å². The van der Waals surface area contributed by atoms with Gasteiger partial charge in [-0.05, 0) is 68.3 Å². The summed E-state index contributed by atoms with van der Waals surface area (Å²) >= 11 is 2.11. The van der Waals surface area contributed by atoms with Gasteiger partial charge in [-0.1, -0.05) is 12.8 Å². The van der Waals surface area contributed by atoms with Gasteiger partial charge in [-0.25, -0.2) is 0 Å². The average molecular weight is 298 g/mol. The average Bonchev–Trinajstić information content (AvgIpc) is 2.93. The van der Waals surface area contributed by atoms with Gasteiger partial charge in [0.05, 0.1) is 5.60 Å². The number of thioether (sulfide) groups is 1. The van der Waals surface area contributed by atoms with Crippen LogP contribution in [-0.2, 0) is 4.74 Å². The number of rotatable bonds is 4. The lowest BCUT2D eigenvalue weighted by atomic mass is 9.77. The summed E-state index contributed by atoms with van der Waals surface area (Å²) in [5.74, 6) is 10.2. The maximum Gasteiger partial charge on any atom is 0.0685 e. The first-order chi connectivity index (χ1) is 9.81. The third-order valence-electron chi connectivity index (χ3n) is 5.76. The maximum atomic E-state index is 6.17. The lowest BCUT2D eigenvalue weighted by molar-refractivity contribution is -0.0989.